The third-order valence-corrected chi connectivity index (χ3v) is 5.50. The molecule has 0 saturated heterocycles. The molecule has 7 nitrogen and oxygen atoms in total. The summed E-state index contributed by atoms with van der Waals surface area (Å²) < 4.78 is 41.8. The SMILES string of the molecule is CC(C)CN(CC(=O)Nc1cc(-c2ccccc2)nn1-c1ccc(F)cc1)C(=O)Nc1ccc(F)c(F)c1. The van der Waals surface area contributed by atoms with Crippen LogP contribution in [0.3, 0.4) is 0 Å². The van der Waals surface area contributed by atoms with Gasteiger partial charge in [0.2, 0.25) is 5.91 Å². The maximum absolute atomic E-state index is 13.6. The summed E-state index contributed by atoms with van der Waals surface area (Å²) in [6, 6.07) is 19.0. The van der Waals surface area contributed by atoms with Crippen molar-refractivity contribution >= 4 is 23.4 Å². The van der Waals surface area contributed by atoms with Gasteiger partial charge in [-0.05, 0) is 42.3 Å². The van der Waals surface area contributed by atoms with E-state index in [0.29, 0.717) is 17.2 Å². The zero-order valence-corrected chi connectivity index (χ0v) is 20.8. The summed E-state index contributed by atoms with van der Waals surface area (Å²) >= 11 is 0. The summed E-state index contributed by atoms with van der Waals surface area (Å²) in [5, 5.41) is 9.88. The van der Waals surface area contributed by atoms with Gasteiger partial charge in [0.25, 0.3) is 0 Å². The Kier molecular flexibility index (Phi) is 8.10. The smallest absolute Gasteiger partial charge is 0.315 e. The van der Waals surface area contributed by atoms with Crippen LogP contribution in [0.1, 0.15) is 13.8 Å². The van der Waals surface area contributed by atoms with Crippen LogP contribution >= 0.6 is 0 Å². The second-order valence-corrected chi connectivity index (χ2v) is 9.05. The van der Waals surface area contributed by atoms with Gasteiger partial charge in [0, 0.05) is 29.9 Å². The quantitative estimate of drug-likeness (QED) is 0.295. The molecule has 2 N–H and O–H groups in total. The number of urea groups is 1. The van der Waals surface area contributed by atoms with Crippen LogP contribution < -0.4 is 10.6 Å². The van der Waals surface area contributed by atoms with Crippen molar-refractivity contribution in [2.75, 3.05) is 23.7 Å². The lowest BCUT2D eigenvalue weighted by Gasteiger charge is -2.24. The highest BCUT2D eigenvalue weighted by Crippen LogP contribution is 2.25. The van der Waals surface area contributed by atoms with Crippen LogP contribution in [-0.2, 0) is 4.79 Å². The van der Waals surface area contributed by atoms with Crippen molar-refractivity contribution in [3.8, 4) is 16.9 Å². The number of carbonyl (C=O) groups is 2. The molecule has 0 unspecified atom stereocenters. The van der Waals surface area contributed by atoms with Gasteiger partial charge >= 0.3 is 6.03 Å². The summed E-state index contributed by atoms with van der Waals surface area (Å²) in [5.74, 6) is -2.70. The average Bonchev–Trinajstić information content (AvgIpc) is 3.30. The molecule has 0 radical (unpaired) electrons. The third-order valence-electron chi connectivity index (χ3n) is 5.50. The molecule has 4 rings (SSSR count). The number of amides is 3. The lowest BCUT2D eigenvalue weighted by Crippen LogP contribution is -2.42. The number of rotatable bonds is 8. The normalized spacial score (nSPS) is 10.9. The Morgan fingerprint density at radius 2 is 1.61 bits per heavy atom. The number of nitrogens with one attached hydrogen (secondary N) is 2. The van der Waals surface area contributed by atoms with Gasteiger partial charge in [-0.3, -0.25) is 4.79 Å². The molecule has 1 aromatic heterocycles. The molecule has 0 aliphatic rings. The van der Waals surface area contributed by atoms with E-state index >= 15 is 0 Å². The third kappa shape index (κ3) is 6.58. The minimum atomic E-state index is -1.10. The Morgan fingerprint density at radius 3 is 2.26 bits per heavy atom. The van der Waals surface area contributed by atoms with Crippen LogP contribution in [0, 0.1) is 23.4 Å². The molecule has 0 atom stereocenters. The maximum atomic E-state index is 13.6. The number of halogens is 3. The Morgan fingerprint density at radius 1 is 0.895 bits per heavy atom. The van der Waals surface area contributed by atoms with Crippen LogP contribution in [0.2, 0.25) is 0 Å². The lowest BCUT2D eigenvalue weighted by molar-refractivity contribution is -0.116. The topological polar surface area (TPSA) is 79.3 Å². The molecule has 3 aromatic carbocycles. The average molecular weight is 522 g/mol. The molecule has 4 aromatic rings. The minimum Gasteiger partial charge on any atom is -0.315 e. The van der Waals surface area contributed by atoms with E-state index in [1.54, 1.807) is 6.07 Å². The molecular formula is C28H26F3N5O2. The van der Waals surface area contributed by atoms with Crippen LogP contribution in [0.25, 0.3) is 16.9 Å². The first-order valence-electron chi connectivity index (χ1n) is 11.9. The molecule has 38 heavy (non-hydrogen) atoms. The first-order valence-corrected chi connectivity index (χ1v) is 11.9. The molecule has 196 valence electrons. The van der Waals surface area contributed by atoms with Gasteiger partial charge in [-0.25, -0.2) is 22.6 Å². The highest BCUT2D eigenvalue weighted by Gasteiger charge is 2.21. The van der Waals surface area contributed by atoms with Gasteiger partial charge in [0.1, 0.15) is 18.2 Å². The molecule has 3 amide bonds. The number of hydrogen-bond acceptors (Lipinski definition) is 3. The van der Waals surface area contributed by atoms with Crippen LogP contribution in [0.5, 0.6) is 0 Å². The van der Waals surface area contributed by atoms with Crippen molar-refractivity contribution in [3.05, 3.63) is 96.3 Å². The molecule has 0 aliphatic carbocycles. The summed E-state index contributed by atoms with van der Waals surface area (Å²) in [5.41, 5.74) is 1.99. The Bertz CT molecular complexity index is 1420. The van der Waals surface area contributed by atoms with Crippen molar-refractivity contribution in [2.24, 2.45) is 5.92 Å². The van der Waals surface area contributed by atoms with E-state index in [4.69, 9.17) is 0 Å². The molecule has 0 fully saturated rings. The standard InChI is InChI=1S/C28H26F3N5O2/c1-18(2)16-35(28(38)32-21-10-13-23(30)24(31)14-21)17-27(37)33-26-15-25(19-6-4-3-5-7-19)34-36(26)22-11-8-20(29)9-12-22/h3-15,18H,16-17H2,1-2H3,(H,32,38)(H,33,37). The first-order chi connectivity index (χ1) is 18.2. The number of benzene rings is 3. The Hall–Kier alpha value is -4.60. The van der Waals surface area contributed by atoms with E-state index in [1.165, 1.54) is 39.9 Å². The van der Waals surface area contributed by atoms with Crippen LogP contribution in [-0.4, -0.2) is 39.7 Å². The zero-order chi connectivity index (χ0) is 27.2. The summed E-state index contributed by atoms with van der Waals surface area (Å²) in [7, 11) is 0. The fraction of sp³-hybridized carbons (Fsp3) is 0.179. The number of carbonyl (C=O) groups excluding carboxylic acids is 2. The summed E-state index contributed by atoms with van der Waals surface area (Å²) in [6.07, 6.45) is 0. The van der Waals surface area contributed by atoms with Gasteiger partial charge in [-0.15, -0.1) is 0 Å². The molecule has 0 spiro atoms. The Labute approximate surface area is 217 Å². The van der Waals surface area contributed by atoms with Crippen molar-refractivity contribution in [3.63, 3.8) is 0 Å². The van der Waals surface area contributed by atoms with Crippen molar-refractivity contribution < 1.29 is 22.8 Å². The number of aromatic nitrogens is 2. The number of anilines is 2. The van der Waals surface area contributed by atoms with E-state index in [1.807, 2.05) is 44.2 Å². The summed E-state index contributed by atoms with van der Waals surface area (Å²) in [4.78, 5) is 27.3. The van der Waals surface area contributed by atoms with E-state index in [-0.39, 0.29) is 24.7 Å². The minimum absolute atomic E-state index is 0.0212. The van der Waals surface area contributed by atoms with Crippen molar-refractivity contribution in [2.45, 2.75) is 13.8 Å². The first kappa shape index (κ1) is 26.5. The molecule has 1 heterocycles. The van der Waals surface area contributed by atoms with E-state index in [9.17, 15) is 22.8 Å². The number of hydrogen-bond donors (Lipinski definition) is 2. The van der Waals surface area contributed by atoms with E-state index in [2.05, 4.69) is 15.7 Å². The van der Waals surface area contributed by atoms with E-state index < -0.39 is 29.4 Å². The molecular weight excluding hydrogens is 495 g/mol. The Balaban J connectivity index is 1.56. The molecule has 0 aliphatic heterocycles. The predicted octanol–water partition coefficient (Wildman–Crippen LogP) is 6.09. The van der Waals surface area contributed by atoms with Crippen LogP contribution in [0.15, 0.2) is 78.9 Å². The van der Waals surface area contributed by atoms with Gasteiger partial charge in [-0.2, -0.15) is 5.10 Å². The highest BCUT2D eigenvalue weighted by atomic mass is 19.2. The lowest BCUT2D eigenvalue weighted by atomic mass is 10.1. The van der Waals surface area contributed by atoms with Gasteiger partial charge in [0.05, 0.1) is 11.4 Å². The van der Waals surface area contributed by atoms with E-state index in [0.717, 1.165) is 17.7 Å². The second-order valence-electron chi connectivity index (χ2n) is 9.05. The fourth-order valence-electron chi connectivity index (χ4n) is 3.79. The van der Waals surface area contributed by atoms with Gasteiger partial charge in [0.15, 0.2) is 11.6 Å². The zero-order valence-electron chi connectivity index (χ0n) is 20.8. The second kappa shape index (κ2) is 11.6. The monoisotopic (exact) mass is 521 g/mol. The maximum Gasteiger partial charge on any atom is 0.322 e. The molecule has 0 saturated carbocycles. The fourth-order valence-corrected chi connectivity index (χ4v) is 3.79. The molecule has 10 heteroatoms. The summed E-state index contributed by atoms with van der Waals surface area (Å²) in [6.45, 7) is 3.68. The largest absolute Gasteiger partial charge is 0.322 e. The van der Waals surface area contributed by atoms with Crippen molar-refractivity contribution in [1.82, 2.24) is 14.7 Å². The van der Waals surface area contributed by atoms with Crippen molar-refractivity contribution in [1.29, 1.82) is 0 Å². The number of nitrogens with zero attached hydrogens (tertiary/aromatic N) is 3. The van der Waals surface area contributed by atoms with Gasteiger partial charge < -0.3 is 15.5 Å². The predicted molar refractivity (Wildman–Crippen MR) is 139 cm³/mol. The van der Waals surface area contributed by atoms with Gasteiger partial charge in [-0.1, -0.05) is 44.2 Å². The molecule has 0 bridgehead atoms. The van der Waals surface area contributed by atoms with Crippen LogP contribution in [0.4, 0.5) is 29.5 Å². The highest BCUT2D eigenvalue weighted by molar-refractivity contribution is 5.97.